The summed E-state index contributed by atoms with van der Waals surface area (Å²) in [6.07, 6.45) is 0. The minimum atomic E-state index is -0.753. The summed E-state index contributed by atoms with van der Waals surface area (Å²) in [5.74, 6) is -0.162. The number of nitro groups is 1. The number of esters is 1. The fraction of sp³-hybridized carbons (Fsp3) is 0.176. The molecule has 26 heavy (non-hydrogen) atoms. The fourth-order valence-electron chi connectivity index (χ4n) is 2.25. The third-order valence-electron chi connectivity index (χ3n) is 3.47. The second-order valence-corrected chi connectivity index (χ2v) is 5.29. The van der Waals surface area contributed by atoms with E-state index < -0.39 is 23.4 Å². The van der Waals surface area contributed by atoms with Gasteiger partial charge in [0, 0.05) is 23.9 Å². The van der Waals surface area contributed by atoms with Crippen LogP contribution in [0.4, 0.5) is 11.4 Å². The number of amides is 1. The highest BCUT2D eigenvalue weighted by Gasteiger charge is 2.15. The smallest absolute Gasteiger partial charge is 0.338 e. The maximum atomic E-state index is 11.9. The molecule has 0 aromatic heterocycles. The van der Waals surface area contributed by atoms with E-state index in [1.54, 1.807) is 18.2 Å². The number of carbonyl (C=O) groups excluding carboxylic acids is 2. The molecule has 3 rings (SSSR count). The second kappa shape index (κ2) is 7.51. The van der Waals surface area contributed by atoms with Crippen molar-refractivity contribution in [1.29, 1.82) is 0 Å². The molecule has 134 valence electrons. The van der Waals surface area contributed by atoms with Crippen LogP contribution in [0.3, 0.4) is 0 Å². The number of rotatable bonds is 5. The van der Waals surface area contributed by atoms with Crippen molar-refractivity contribution < 1.29 is 28.7 Å². The van der Waals surface area contributed by atoms with Crippen molar-refractivity contribution in [2.24, 2.45) is 0 Å². The number of nitro benzene ring substituents is 1. The monoisotopic (exact) mass is 358 g/mol. The molecule has 1 amide bonds. The highest BCUT2D eigenvalue weighted by Crippen LogP contribution is 2.32. The van der Waals surface area contributed by atoms with Crippen molar-refractivity contribution in [3.8, 4) is 11.5 Å². The van der Waals surface area contributed by atoms with E-state index in [1.807, 2.05) is 0 Å². The third-order valence-corrected chi connectivity index (χ3v) is 3.47. The zero-order valence-corrected chi connectivity index (χ0v) is 13.5. The predicted octanol–water partition coefficient (Wildman–Crippen LogP) is 2.16. The molecule has 0 bridgehead atoms. The molecule has 2 aromatic rings. The summed E-state index contributed by atoms with van der Waals surface area (Å²) in [7, 11) is 0. The number of nitrogens with zero attached hydrogens (tertiary/aromatic N) is 1. The molecule has 2 aromatic carbocycles. The Morgan fingerprint density at radius 3 is 2.46 bits per heavy atom. The first-order valence-electron chi connectivity index (χ1n) is 7.64. The lowest BCUT2D eigenvalue weighted by atomic mass is 10.2. The number of hydrogen-bond donors (Lipinski definition) is 1. The summed E-state index contributed by atoms with van der Waals surface area (Å²) in [4.78, 5) is 33.8. The molecule has 0 saturated heterocycles. The van der Waals surface area contributed by atoms with Crippen LogP contribution in [0.5, 0.6) is 11.5 Å². The van der Waals surface area contributed by atoms with Crippen LogP contribution < -0.4 is 14.8 Å². The number of hydrogen-bond acceptors (Lipinski definition) is 7. The highest BCUT2D eigenvalue weighted by atomic mass is 16.6. The number of benzene rings is 2. The van der Waals surface area contributed by atoms with Crippen LogP contribution in [-0.4, -0.2) is 36.6 Å². The van der Waals surface area contributed by atoms with Gasteiger partial charge in [0.1, 0.15) is 13.2 Å². The molecule has 1 aliphatic heterocycles. The minimum Gasteiger partial charge on any atom is -0.486 e. The Morgan fingerprint density at radius 1 is 1.08 bits per heavy atom. The predicted molar refractivity (Wildman–Crippen MR) is 89.4 cm³/mol. The zero-order chi connectivity index (χ0) is 18.5. The van der Waals surface area contributed by atoms with Crippen LogP contribution in [0.25, 0.3) is 0 Å². The van der Waals surface area contributed by atoms with Gasteiger partial charge in [-0.3, -0.25) is 14.9 Å². The van der Waals surface area contributed by atoms with E-state index in [9.17, 15) is 19.7 Å². The minimum absolute atomic E-state index is 0.114. The largest absolute Gasteiger partial charge is 0.486 e. The van der Waals surface area contributed by atoms with Crippen LogP contribution in [0, 0.1) is 10.1 Å². The van der Waals surface area contributed by atoms with Gasteiger partial charge in [0.15, 0.2) is 18.1 Å². The molecular formula is C17H14N2O7. The van der Waals surface area contributed by atoms with Gasteiger partial charge in [-0.25, -0.2) is 4.79 Å². The molecule has 1 heterocycles. The first kappa shape index (κ1) is 17.2. The van der Waals surface area contributed by atoms with Crippen molar-refractivity contribution in [2.45, 2.75) is 0 Å². The molecule has 1 N–H and O–H groups in total. The van der Waals surface area contributed by atoms with Crippen LogP contribution in [0.1, 0.15) is 10.4 Å². The van der Waals surface area contributed by atoms with Gasteiger partial charge in [0.25, 0.3) is 11.6 Å². The Morgan fingerprint density at radius 2 is 1.77 bits per heavy atom. The summed E-state index contributed by atoms with van der Waals surface area (Å²) in [5.41, 5.74) is 0.450. The van der Waals surface area contributed by atoms with E-state index >= 15 is 0 Å². The SMILES string of the molecule is O=C(COC(=O)c1ccc([N+](=O)[O-])cc1)Nc1ccc2c(c1)OCCO2. The van der Waals surface area contributed by atoms with Crippen LogP contribution in [0.2, 0.25) is 0 Å². The van der Waals surface area contributed by atoms with Crippen molar-refractivity contribution in [3.63, 3.8) is 0 Å². The summed E-state index contributed by atoms with van der Waals surface area (Å²) >= 11 is 0. The lowest BCUT2D eigenvalue weighted by Crippen LogP contribution is -2.21. The molecule has 0 aliphatic carbocycles. The third kappa shape index (κ3) is 4.07. The number of fused-ring (bicyclic) bond motifs is 1. The quantitative estimate of drug-likeness (QED) is 0.494. The van der Waals surface area contributed by atoms with Gasteiger partial charge < -0.3 is 19.5 Å². The van der Waals surface area contributed by atoms with E-state index in [4.69, 9.17) is 14.2 Å². The van der Waals surface area contributed by atoms with Gasteiger partial charge in [-0.2, -0.15) is 0 Å². The summed E-state index contributed by atoms with van der Waals surface area (Å²) in [5, 5.41) is 13.2. The topological polar surface area (TPSA) is 117 Å². The average molecular weight is 358 g/mol. The molecule has 0 atom stereocenters. The average Bonchev–Trinajstić information content (AvgIpc) is 2.66. The molecule has 0 fully saturated rings. The number of anilines is 1. The Hall–Kier alpha value is -3.62. The van der Waals surface area contributed by atoms with Crippen molar-refractivity contribution in [1.82, 2.24) is 0 Å². The van der Waals surface area contributed by atoms with Crippen LogP contribution >= 0.6 is 0 Å². The molecule has 9 nitrogen and oxygen atoms in total. The molecule has 1 aliphatic rings. The Bertz CT molecular complexity index is 849. The van der Waals surface area contributed by atoms with E-state index in [2.05, 4.69) is 5.32 Å². The van der Waals surface area contributed by atoms with Gasteiger partial charge >= 0.3 is 5.97 Å². The first-order chi connectivity index (χ1) is 12.5. The maximum Gasteiger partial charge on any atom is 0.338 e. The Labute approximate surface area is 147 Å². The number of carbonyl (C=O) groups is 2. The van der Waals surface area contributed by atoms with Crippen LogP contribution in [0.15, 0.2) is 42.5 Å². The van der Waals surface area contributed by atoms with E-state index in [1.165, 1.54) is 24.3 Å². The van der Waals surface area contributed by atoms with Gasteiger partial charge in [-0.05, 0) is 24.3 Å². The van der Waals surface area contributed by atoms with E-state index in [0.717, 1.165) is 0 Å². The molecule has 0 radical (unpaired) electrons. The number of non-ortho nitro benzene ring substituents is 1. The van der Waals surface area contributed by atoms with Gasteiger partial charge in [-0.1, -0.05) is 0 Å². The number of ether oxygens (including phenoxy) is 3. The molecule has 9 heteroatoms. The first-order valence-corrected chi connectivity index (χ1v) is 7.64. The maximum absolute atomic E-state index is 11.9. The van der Waals surface area contributed by atoms with Crippen molar-refractivity contribution >= 4 is 23.3 Å². The van der Waals surface area contributed by atoms with Gasteiger partial charge in [-0.15, -0.1) is 0 Å². The highest BCUT2D eigenvalue weighted by molar-refractivity contribution is 5.95. The molecule has 0 saturated carbocycles. The fourth-order valence-corrected chi connectivity index (χ4v) is 2.25. The van der Waals surface area contributed by atoms with Crippen molar-refractivity contribution in [3.05, 3.63) is 58.1 Å². The summed E-state index contributed by atoms with van der Waals surface area (Å²) < 4.78 is 15.7. The van der Waals surface area contributed by atoms with Gasteiger partial charge in [0.05, 0.1) is 10.5 Å². The lowest BCUT2D eigenvalue weighted by Gasteiger charge is -2.19. The van der Waals surface area contributed by atoms with Gasteiger partial charge in [0.2, 0.25) is 0 Å². The zero-order valence-electron chi connectivity index (χ0n) is 13.5. The normalized spacial score (nSPS) is 12.2. The Kier molecular flexibility index (Phi) is 4.97. The lowest BCUT2D eigenvalue weighted by molar-refractivity contribution is -0.384. The standard InChI is InChI=1S/C17H14N2O7/c20-16(18-12-3-6-14-15(9-12)25-8-7-24-14)10-26-17(21)11-1-4-13(5-2-11)19(22)23/h1-6,9H,7-8,10H2,(H,18,20). The summed E-state index contributed by atoms with van der Waals surface area (Å²) in [6, 6.07) is 9.83. The molecular weight excluding hydrogens is 344 g/mol. The molecule has 0 spiro atoms. The second-order valence-electron chi connectivity index (χ2n) is 5.29. The van der Waals surface area contributed by atoms with Crippen molar-refractivity contribution in [2.75, 3.05) is 25.1 Å². The van der Waals surface area contributed by atoms with E-state index in [-0.39, 0.29) is 11.3 Å². The summed E-state index contributed by atoms with van der Waals surface area (Å²) in [6.45, 7) is 0.402. The number of nitrogens with one attached hydrogen (secondary N) is 1. The Balaban J connectivity index is 1.53. The molecule has 0 unspecified atom stereocenters. The van der Waals surface area contributed by atoms with E-state index in [0.29, 0.717) is 30.4 Å². The van der Waals surface area contributed by atoms with Crippen LogP contribution in [-0.2, 0) is 9.53 Å².